The minimum Gasteiger partial charge on any atom is -0.289 e. The van der Waals surface area contributed by atoms with Crippen LogP contribution in [0.15, 0.2) is 38.2 Å². The van der Waals surface area contributed by atoms with E-state index in [0.29, 0.717) is 0 Å². The van der Waals surface area contributed by atoms with E-state index in [9.17, 15) is 14.9 Å². The van der Waals surface area contributed by atoms with Crippen LogP contribution in [0.25, 0.3) is 6.08 Å². The van der Waals surface area contributed by atoms with E-state index >= 15 is 0 Å². The molecule has 21 heavy (non-hydrogen) atoms. The second-order valence-corrected chi connectivity index (χ2v) is 7.75. The number of hydrogen-bond donors (Lipinski definition) is 0. The van der Waals surface area contributed by atoms with Gasteiger partial charge in [-0.3, -0.25) is 14.9 Å². The number of nitrogens with zero attached hydrogens (tertiary/aromatic N) is 1. The highest BCUT2D eigenvalue weighted by Crippen LogP contribution is 2.39. The van der Waals surface area contributed by atoms with Gasteiger partial charge in [0.05, 0.1) is 12.7 Å². The summed E-state index contributed by atoms with van der Waals surface area (Å²) in [5.74, 6) is 2.10. The van der Waals surface area contributed by atoms with E-state index in [1.165, 1.54) is 24.6 Å². The number of rotatable bonds is 4. The molecule has 1 saturated heterocycles. The summed E-state index contributed by atoms with van der Waals surface area (Å²) in [5, 5.41) is 10.6. The lowest BCUT2D eigenvalue weighted by Gasteiger charge is -2.13. The second-order valence-electron chi connectivity index (χ2n) is 4.20. The standard InChI is InChI=1S/C14H12INO3S2/c15-13(14-20-8-1-9-21-14)12(17)7-4-10-2-5-11(6-3-10)16(18)19/h2-7H,1,8-9H2/b7-4+. The smallest absolute Gasteiger partial charge is 0.269 e. The number of carbonyl (C=O) groups is 1. The highest BCUT2D eigenvalue weighted by molar-refractivity contribution is 14.1. The molecule has 1 heterocycles. The number of benzene rings is 1. The highest BCUT2D eigenvalue weighted by Gasteiger charge is 2.14. The van der Waals surface area contributed by atoms with Gasteiger partial charge in [0.1, 0.15) is 0 Å². The first-order valence-electron chi connectivity index (χ1n) is 6.20. The van der Waals surface area contributed by atoms with Crippen LogP contribution >= 0.6 is 46.1 Å². The van der Waals surface area contributed by atoms with E-state index in [-0.39, 0.29) is 11.5 Å². The van der Waals surface area contributed by atoms with Crippen LogP contribution in [0, 0.1) is 10.1 Å². The molecule has 0 N–H and O–H groups in total. The van der Waals surface area contributed by atoms with Crippen LogP contribution in [0.3, 0.4) is 0 Å². The number of ketones is 1. The maximum atomic E-state index is 12.1. The lowest BCUT2D eigenvalue weighted by Crippen LogP contribution is -1.99. The third kappa shape index (κ3) is 4.86. The minimum atomic E-state index is -0.441. The Kier molecular flexibility index (Phi) is 6.31. The van der Waals surface area contributed by atoms with Crippen molar-refractivity contribution in [3.63, 3.8) is 0 Å². The van der Waals surface area contributed by atoms with Crippen molar-refractivity contribution >= 4 is 63.7 Å². The summed E-state index contributed by atoms with van der Waals surface area (Å²) >= 11 is 5.56. The maximum Gasteiger partial charge on any atom is 0.269 e. The third-order valence-corrected chi connectivity index (χ3v) is 7.11. The van der Waals surface area contributed by atoms with Crippen molar-refractivity contribution in [1.29, 1.82) is 0 Å². The van der Waals surface area contributed by atoms with E-state index < -0.39 is 4.92 Å². The van der Waals surface area contributed by atoms with Gasteiger partial charge in [0.15, 0.2) is 5.78 Å². The van der Waals surface area contributed by atoms with Crippen LogP contribution < -0.4 is 0 Å². The van der Waals surface area contributed by atoms with E-state index in [0.717, 1.165) is 24.9 Å². The quantitative estimate of drug-likeness (QED) is 0.300. The number of nitro benzene ring substituents is 1. The molecule has 0 spiro atoms. The Morgan fingerprint density at radius 3 is 2.43 bits per heavy atom. The Labute approximate surface area is 144 Å². The average Bonchev–Trinajstić information content (AvgIpc) is 2.53. The predicted molar refractivity (Wildman–Crippen MR) is 97.7 cm³/mol. The Hall–Kier alpha value is -0.800. The first-order valence-corrected chi connectivity index (χ1v) is 9.25. The summed E-state index contributed by atoms with van der Waals surface area (Å²) in [6.07, 6.45) is 4.38. The fourth-order valence-corrected chi connectivity index (χ4v) is 5.14. The molecule has 0 bridgehead atoms. The number of non-ortho nitro benzene ring substituents is 1. The number of thioether (sulfide) groups is 2. The van der Waals surface area contributed by atoms with Crippen LogP contribution in [0.5, 0.6) is 0 Å². The molecule has 0 unspecified atom stereocenters. The van der Waals surface area contributed by atoms with E-state index in [4.69, 9.17) is 0 Å². The predicted octanol–water partition coefficient (Wildman–Crippen LogP) is 4.65. The van der Waals surface area contributed by atoms with Gasteiger partial charge >= 0.3 is 0 Å². The van der Waals surface area contributed by atoms with Gasteiger partial charge in [0, 0.05) is 12.1 Å². The summed E-state index contributed by atoms with van der Waals surface area (Å²) in [6, 6.07) is 6.12. The zero-order chi connectivity index (χ0) is 15.2. The Bertz CT molecular complexity index is 603. The number of nitro groups is 1. The van der Waals surface area contributed by atoms with E-state index in [1.807, 2.05) is 0 Å². The molecule has 0 radical (unpaired) electrons. The van der Waals surface area contributed by atoms with Crippen LogP contribution in [0.2, 0.25) is 0 Å². The van der Waals surface area contributed by atoms with Crippen molar-refractivity contribution in [2.24, 2.45) is 0 Å². The molecule has 1 aromatic carbocycles. The second kappa shape index (κ2) is 8.00. The van der Waals surface area contributed by atoms with Gasteiger partial charge < -0.3 is 0 Å². The Morgan fingerprint density at radius 1 is 1.24 bits per heavy atom. The van der Waals surface area contributed by atoms with Crippen LogP contribution in [-0.2, 0) is 4.79 Å². The molecule has 1 aromatic rings. The molecule has 7 heteroatoms. The first-order chi connectivity index (χ1) is 10.1. The summed E-state index contributed by atoms with van der Waals surface area (Å²) in [7, 11) is 0. The van der Waals surface area contributed by atoms with Crippen molar-refractivity contribution in [2.45, 2.75) is 6.42 Å². The number of carbonyl (C=O) groups excluding carboxylic acids is 1. The Balaban J connectivity index is 2.06. The Morgan fingerprint density at radius 2 is 1.86 bits per heavy atom. The third-order valence-electron chi connectivity index (χ3n) is 2.68. The molecule has 1 fully saturated rings. The van der Waals surface area contributed by atoms with Crippen molar-refractivity contribution in [3.05, 3.63) is 53.8 Å². The zero-order valence-corrected chi connectivity index (χ0v) is 14.7. The summed E-state index contributed by atoms with van der Waals surface area (Å²) in [4.78, 5) is 22.2. The largest absolute Gasteiger partial charge is 0.289 e. The van der Waals surface area contributed by atoms with Gasteiger partial charge in [-0.1, -0.05) is 6.08 Å². The van der Waals surface area contributed by atoms with Crippen molar-refractivity contribution in [2.75, 3.05) is 11.5 Å². The molecule has 0 saturated carbocycles. The van der Waals surface area contributed by atoms with E-state index in [2.05, 4.69) is 22.6 Å². The lowest BCUT2D eigenvalue weighted by molar-refractivity contribution is -0.384. The normalized spacial score (nSPS) is 15.2. The number of halogens is 1. The fourth-order valence-electron chi connectivity index (χ4n) is 1.61. The van der Waals surface area contributed by atoms with Crippen LogP contribution in [0.4, 0.5) is 5.69 Å². The summed E-state index contributed by atoms with van der Waals surface area (Å²) < 4.78 is 1.85. The SMILES string of the molecule is O=C(/C=C/c1ccc([N+](=O)[O-])cc1)C(I)=C1SCCCS1. The highest BCUT2D eigenvalue weighted by atomic mass is 127. The van der Waals surface area contributed by atoms with Crippen LogP contribution in [-0.4, -0.2) is 22.2 Å². The van der Waals surface area contributed by atoms with Gasteiger partial charge in [-0.15, -0.1) is 23.5 Å². The zero-order valence-electron chi connectivity index (χ0n) is 11.0. The van der Waals surface area contributed by atoms with Gasteiger partial charge in [-0.2, -0.15) is 0 Å². The van der Waals surface area contributed by atoms with Gasteiger partial charge in [-0.25, -0.2) is 0 Å². The average molecular weight is 433 g/mol. The molecule has 1 aliphatic rings. The number of allylic oxidation sites excluding steroid dienone is 2. The molecule has 4 nitrogen and oxygen atoms in total. The van der Waals surface area contributed by atoms with Crippen molar-refractivity contribution in [1.82, 2.24) is 0 Å². The molecule has 0 aliphatic carbocycles. The lowest BCUT2D eigenvalue weighted by atomic mass is 10.2. The minimum absolute atomic E-state index is 0.0224. The maximum absolute atomic E-state index is 12.1. The van der Waals surface area contributed by atoms with Crippen LogP contribution in [0.1, 0.15) is 12.0 Å². The fraction of sp³-hybridized carbons (Fsp3) is 0.214. The molecular weight excluding hydrogens is 421 g/mol. The van der Waals surface area contributed by atoms with Gasteiger partial charge in [-0.05, 0) is 64.3 Å². The molecule has 1 aliphatic heterocycles. The van der Waals surface area contributed by atoms with Crippen molar-refractivity contribution < 1.29 is 9.72 Å². The molecule has 0 aromatic heterocycles. The molecular formula is C14H12INO3S2. The molecule has 0 atom stereocenters. The monoisotopic (exact) mass is 433 g/mol. The topological polar surface area (TPSA) is 60.2 Å². The summed E-state index contributed by atoms with van der Waals surface area (Å²) in [6.45, 7) is 0. The van der Waals surface area contributed by atoms with E-state index in [1.54, 1.807) is 41.7 Å². The van der Waals surface area contributed by atoms with Gasteiger partial charge in [0.25, 0.3) is 5.69 Å². The molecule has 2 rings (SSSR count). The first kappa shape index (κ1) is 16.6. The van der Waals surface area contributed by atoms with Gasteiger partial charge in [0.2, 0.25) is 0 Å². The molecule has 0 amide bonds. The number of hydrogen-bond acceptors (Lipinski definition) is 5. The molecule has 110 valence electrons. The summed E-state index contributed by atoms with van der Waals surface area (Å²) in [5.41, 5.74) is 0.817. The van der Waals surface area contributed by atoms with Crippen molar-refractivity contribution in [3.8, 4) is 0 Å².